The molecule has 0 unspecified atom stereocenters. The summed E-state index contributed by atoms with van der Waals surface area (Å²) in [6, 6.07) is 19.0. The van der Waals surface area contributed by atoms with E-state index in [1.807, 2.05) is 76.2 Å². The standard InChI is InChI=1S/C15H18N3OP.C14H23BNO3P.C7H7BrN2/c1-20(2,19)15-9-11(5-6-12(15)16)14-8-7-13(17-18-14)10-3-4-10;1-13(2)14(3,4)19-15(18-13)10-7-8-11(16)12(9-10)20(5,6)17;8-7-4-3-6(9-10-7)5-1-2-5/h5-10H,3-4,16H2,1-2H3;7-9H,16H2,1-6H3;3-5H,1-2H2. The van der Waals surface area contributed by atoms with Crippen LogP contribution in [0.15, 0.2) is 65.3 Å². The molecule has 0 atom stereocenters. The molecule has 4 aromatic rings. The largest absolute Gasteiger partial charge is 0.494 e. The number of rotatable bonds is 6. The molecule has 2 aromatic carbocycles. The van der Waals surface area contributed by atoms with Gasteiger partial charge in [0, 0.05) is 39.4 Å². The summed E-state index contributed by atoms with van der Waals surface area (Å²) in [7, 11) is -5.27. The van der Waals surface area contributed by atoms with E-state index in [-0.39, 0.29) is 11.2 Å². The highest BCUT2D eigenvalue weighted by Crippen LogP contribution is 2.41. The van der Waals surface area contributed by atoms with Crippen molar-refractivity contribution in [3.8, 4) is 11.3 Å². The van der Waals surface area contributed by atoms with Crippen molar-refractivity contribution in [1.29, 1.82) is 0 Å². The Kier molecular flexibility index (Phi) is 11.2. The normalized spacial score (nSPS) is 18.1. The van der Waals surface area contributed by atoms with Crippen LogP contribution in [0.3, 0.4) is 0 Å². The first kappa shape index (κ1) is 38.4. The number of hydrogen-bond acceptors (Lipinski definition) is 10. The lowest BCUT2D eigenvalue weighted by Crippen LogP contribution is -2.41. The minimum absolute atomic E-state index is 0.388. The highest BCUT2D eigenvalue weighted by molar-refractivity contribution is 9.10. The summed E-state index contributed by atoms with van der Waals surface area (Å²) in [5.74, 6) is 1.31. The summed E-state index contributed by atoms with van der Waals surface area (Å²) in [4.78, 5) is 0. The quantitative estimate of drug-likeness (QED) is 0.121. The van der Waals surface area contributed by atoms with Gasteiger partial charge in [0.25, 0.3) is 0 Å². The number of benzene rings is 2. The average Bonchev–Trinajstić information content (AvgIpc) is 3.95. The van der Waals surface area contributed by atoms with Crippen LogP contribution in [-0.2, 0) is 18.4 Å². The number of nitrogens with zero attached hydrogens (tertiary/aromatic N) is 4. The van der Waals surface area contributed by atoms with Gasteiger partial charge < -0.3 is 29.9 Å². The predicted octanol–water partition coefficient (Wildman–Crippen LogP) is 6.78. The van der Waals surface area contributed by atoms with Gasteiger partial charge in [-0.3, -0.25) is 0 Å². The SMILES string of the molecule is Brc1ccc(C2CC2)nn1.CC1(C)OB(c2ccc(N)c(P(C)(C)=O)c2)OC1(C)C.CP(C)(=O)c1cc(-c2ccc(C3CC3)nn2)ccc1N. The Balaban J connectivity index is 0.000000154. The molecular weight excluding hydrogens is 733 g/mol. The Morgan fingerprint density at radius 1 is 0.680 bits per heavy atom. The molecule has 7 rings (SSSR count). The third-order valence-corrected chi connectivity index (χ3v) is 12.9. The maximum Gasteiger partial charge on any atom is 0.494 e. The van der Waals surface area contributed by atoms with E-state index in [2.05, 4.69) is 36.3 Å². The molecule has 3 heterocycles. The third-order valence-electron chi connectivity index (χ3n) is 9.40. The van der Waals surface area contributed by atoms with Gasteiger partial charge in [-0.15, -0.1) is 5.10 Å². The molecule has 10 nitrogen and oxygen atoms in total. The average molecular weight is 781 g/mol. The maximum atomic E-state index is 12.3. The molecule has 1 aliphatic heterocycles. The second-order valence-corrected chi connectivity index (χ2v) is 22.2. The molecular formula is C36H48BBrN6O4P2. The van der Waals surface area contributed by atoms with Crippen LogP contribution >= 0.6 is 30.2 Å². The fourth-order valence-corrected chi connectivity index (χ4v) is 7.85. The van der Waals surface area contributed by atoms with Crippen LogP contribution in [0, 0.1) is 0 Å². The van der Waals surface area contributed by atoms with Gasteiger partial charge in [-0.2, -0.15) is 15.3 Å². The highest BCUT2D eigenvalue weighted by atomic mass is 79.9. The van der Waals surface area contributed by atoms with E-state index in [1.54, 1.807) is 38.8 Å². The van der Waals surface area contributed by atoms with E-state index >= 15 is 0 Å². The Morgan fingerprint density at radius 2 is 1.16 bits per heavy atom. The van der Waals surface area contributed by atoms with E-state index in [0.717, 1.165) is 32.7 Å². The van der Waals surface area contributed by atoms with E-state index in [9.17, 15) is 9.13 Å². The molecule has 0 spiro atoms. The predicted molar refractivity (Wildman–Crippen MR) is 210 cm³/mol. The molecule has 3 aliphatic rings. The zero-order chi connectivity index (χ0) is 36.6. The van der Waals surface area contributed by atoms with Crippen molar-refractivity contribution in [3.63, 3.8) is 0 Å². The van der Waals surface area contributed by atoms with Crippen molar-refractivity contribution in [2.45, 2.75) is 76.4 Å². The monoisotopic (exact) mass is 780 g/mol. The zero-order valence-electron chi connectivity index (χ0n) is 30.2. The molecule has 0 amide bonds. The number of aromatic nitrogens is 4. The van der Waals surface area contributed by atoms with Crippen molar-refractivity contribution in [3.05, 3.63) is 76.7 Å². The number of nitrogen functional groups attached to an aromatic ring is 2. The summed E-state index contributed by atoms with van der Waals surface area (Å²) in [6.45, 7) is 14.9. The summed E-state index contributed by atoms with van der Waals surface area (Å²) < 4.78 is 37.4. The topological polar surface area (TPSA) is 156 Å². The molecule has 0 bridgehead atoms. The van der Waals surface area contributed by atoms with Crippen molar-refractivity contribution in [2.24, 2.45) is 0 Å². The van der Waals surface area contributed by atoms with Crippen molar-refractivity contribution >= 4 is 64.8 Å². The minimum Gasteiger partial charge on any atom is -0.399 e. The van der Waals surface area contributed by atoms with Gasteiger partial charge in [0.05, 0.1) is 28.3 Å². The second kappa shape index (κ2) is 14.6. The van der Waals surface area contributed by atoms with Crippen LogP contribution in [0.25, 0.3) is 11.3 Å². The summed E-state index contributed by atoms with van der Waals surface area (Å²) in [5.41, 5.74) is 17.0. The Bertz CT molecular complexity index is 1910. The minimum atomic E-state index is -2.42. The lowest BCUT2D eigenvalue weighted by Gasteiger charge is -2.32. The third kappa shape index (κ3) is 9.51. The molecule has 266 valence electrons. The first-order valence-corrected chi connectivity index (χ1v) is 22.8. The number of anilines is 2. The Labute approximate surface area is 304 Å². The zero-order valence-corrected chi connectivity index (χ0v) is 33.6. The first-order valence-electron chi connectivity index (χ1n) is 16.8. The first-order chi connectivity index (χ1) is 23.2. The molecule has 1 saturated heterocycles. The number of hydrogen-bond donors (Lipinski definition) is 2. The van der Waals surface area contributed by atoms with Crippen LogP contribution in [0.2, 0.25) is 0 Å². The van der Waals surface area contributed by atoms with Crippen LogP contribution in [0.1, 0.15) is 76.6 Å². The fraction of sp³-hybridized carbons (Fsp3) is 0.444. The molecule has 0 radical (unpaired) electrons. The van der Waals surface area contributed by atoms with Gasteiger partial charge >= 0.3 is 7.12 Å². The summed E-state index contributed by atoms with van der Waals surface area (Å²) in [5, 5.41) is 17.9. The van der Waals surface area contributed by atoms with Crippen LogP contribution in [0.5, 0.6) is 0 Å². The van der Waals surface area contributed by atoms with Crippen molar-refractivity contribution in [2.75, 3.05) is 38.1 Å². The summed E-state index contributed by atoms with van der Waals surface area (Å²) in [6.07, 6.45) is 5.01. The van der Waals surface area contributed by atoms with E-state index in [0.29, 0.717) is 33.8 Å². The lowest BCUT2D eigenvalue weighted by molar-refractivity contribution is 0.00578. The van der Waals surface area contributed by atoms with E-state index in [1.165, 1.54) is 25.7 Å². The van der Waals surface area contributed by atoms with Crippen LogP contribution < -0.4 is 27.5 Å². The van der Waals surface area contributed by atoms with Gasteiger partial charge in [0.15, 0.2) is 0 Å². The smallest absolute Gasteiger partial charge is 0.399 e. The van der Waals surface area contributed by atoms with Gasteiger partial charge in [-0.1, -0.05) is 12.1 Å². The maximum absolute atomic E-state index is 12.3. The van der Waals surface area contributed by atoms with Crippen molar-refractivity contribution < 1.29 is 18.4 Å². The number of halogens is 1. The number of nitrogens with two attached hydrogens (primary N) is 2. The summed E-state index contributed by atoms with van der Waals surface area (Å²) >= 11 is 3.24. The van der Waals surface area contributed by atoms with Gasteiger partial charge in [0.2, 0.25) is 0 Å². The Hall–Kier alpha value is -2.88. The van der Waals surface area contributed by atoms with Gasteiger partial charge in [0.1, 0.15) is 18.9 Å². The van der Waals surface area contributed by atoms with Gasteiger partial charge in [-0.25, -0.2) is 0 Å². The fourth-order valence-electron chi connectivity index (χ4n) is 5.34. The molecule has 2 aliphatic carbocycles. The molecule has 4 N–H and O–H groups in total. The van der Waals surface area contributed by atoms with E-state index < -0.39 is 21.4 Å². The van der Waals surface area contributed by atoms with Crippen LogP contribution in [-0.4, -0.2) is 65.4 Å². The van der Waals surface area contributed by atoms with Crippen molar-refractivity contribution in [1.82, 2.24) is 20.4 Å². The molecule has 2 aromatic heterocycles. The molecule has 50 heavy (non-hydrogen) atoms. The Morgan fingerprint density at radius 3 is 1.60 bits per heavy atom. The highest BCUT2D eigenvalue weighted by Gasteiger charge is 2.51. The van der Waals surface area contributed by atoms with Gasteiger partial charge in [-0.05, 0) is 150 Å². The van der Waals surface area contributed by atoms with Crippen LogP contribution in [0.4, 0.5) is 11.4 Å². The van der Waals surface area contributed by atoms with E-state index in [4.69, 9.17) is 20.8 Å². The molecule has 3 fully saturated rings. The molecule has 14 heteroatoms. The molecule has 2 saturated carbocycles. The second-order valence-electron chi connectivity index (χ2n) is 15.1. The lowest BCUT2D eigenvalue weighted by atomic mass is 9.79.